The molecule has 7 nitrogen and oxygen atoms in total. The Bertz CT molecular complexity index is 576. The molecule has 2 aliphatic rings. The van der Waals surface area contributed by atoms with Gasteiger partial charge in [0.1, 0.15) is 0 Å². The van der Waals surface area contributed by atoms with Crippen molar-refractivity contribution < 1.29 is 14.1 Å². The average molecular weight is 320 g/mol. The number of piperidine rings is 2. The second kappa shape index (κ2) is 6.68. The van der Waals surface area contributed by atoms with Crippen LogP contribution in [0.5, 0.6) is 0 Å². The van der Waals surface area contributed by atoms with E-state index in [-0.39, 0.29) is 29.6 Å². The molecule has 23 heavy (non-hydrogen) atoms. The Labute approximate surface area is 135 Å². The molecular weight excluding hydrogens is 296 g/mol. The highest BCUT2D eigenvalue weighted by molar-refractivity contribution is 5.87. The SMILES string of the molecule is CC(C)c1nc(C2CCN(C(=O)[C@H]3CCNC(=O)C3)CC2)no1. The lowest BCUT2D eigenvalue weighted by molar-refractivity contribution is -0.141. The topological polar surface area (TPSA) is 88.3 Å². The molecule has 2 saturated heterocycles. The van der Waals surface area contributed by atoms with Crippen LogP contribution in [0.2, 0.25) is 0 Å². The summed E-state index contributed by atoms with van der Waals surface area (Å²) >= 11 is 0. The van der Waals surface area contributed by atoms with Gasteiger partial charge in [-0.05, 0) is 19.3 Å². The van der Waals surface area contributed by atoms with Crippen molar-refractivity contribution in [2.45, 2.75) is 51.4 Å². The highest BCUT2D eigenvalue weighted by atomic mass is 16.5. The Morgan fingerprint density at radius 3 is 2.65 bits per heavy atom. The summed E-state index contributed by atoms with van der Waals surface area (Å²) < 4.78 is 5.27. The van der Waals surface area contributed by atoms with E-state index in [1.807, 2.05) is 18.7 Å². The van der Waals surface area contributed by atoms with Crippen LogP contribution >= 0.6 is 0 Å². The zero-order chi connectivity index (χ0) is 16.4. The van der Waals surface area contributed by atoms with Gasteiger partial charge in [0.25, 0.3) is 0 Å². The van der Waals surface area contributed by atoms with E-state index < -0.39 is 0 Å². The number of aromatic nitrogens is 2. The molecule has 0 radical (unpaired) electrons. The summed E-state index contributed by atoms with van der Waals surface area (Å²) in [5, 5.41) is 6.86. The Kier molecular flexibility index (Phi) is 4.63. The minimum atomic E-state index is -0.155. The molecule has 1 atom stereocenters. The molecule has 1 aromatic heterocycles. The lowest BCUT2D eigenvalue weighted by atomic mass is 9.92. The maximum Gasteiger partial charge on any atom is 0.229 e. The van der Waals surface area contributed by atoms with Gasteiger partial charge in [0.05, 0.1) is 0 Å². The smallest absolute Gasteiger partial charge is 0.229 e. The van der Waals surface area contributed by atoms with Crippen molar-refractivity contribution in [2.24, 2.45) is 5.92 Å². The first-order valence-corrected chi connectivity index (χ1v) is 8.43. The summed E-state index contributed by atoms with van der Waals surface area (Å²) in [6.07, 6.45) is 2.76. The maximum absolute atomic E-state index is 12.5. The summed E-state index contributed by atoms with van der Waals surface area (Å²) in [6, 6.07) is 0. The fourth-order valence-corrected chi connectivity index (χ4v) is 3.26. The van der Waals surface area contributed by atoms with Gasteiger partial charge in [-0.1, -0.05) is 19.0 Å². The lowest BCUT2D eigenvalue weighted by Crippen LogP contribution is -2.45. The molecule has 1 aromatic rings. The van der Waals surface area contributed by atoms with Crippen LogP contribution in [0, 0.1) is 5.92 Å². The van der Waals surface area contributed by atoms with E-state index in [0.717, 1.165) is 25.1 Å². The monoisotopic (exact) mass is 320 g/mol. The van der Waals surface area contributed by atoms with Crippen molar-refractivity contribution in [2.75, 3.05) is 19.6 Å². The average Bonchev–Trinajstić information content (AvgIpc) is 3.04. The number of likely N-dealkylation sites (tertiary alicyclic amines) is 1. The molecule has 0 aliphatic carbocycles. The number of carbonyl (C=O) groups excluding carboxylic acids is 2. The molecule has 3 heterocycles. The summed E-state index contributed by atoms with van der Waals surface area (Å²) in [5.41, 5.74) is 0. The van der Waals surface area contributed by atoms with Crippen LogP contribution in [0.4, 0.5) is 0 Å². The van der Waals surface area contributed by atoms with Crippen molar-refractivity contribution in [3.63, 3.8) is 0 Å². The van der Waals surface area contributed by atoms with Crippen molar-refractivity contribution in [3.8, 4) is 0 Å². The van der Waals surface area contributed by atoms with Crippen LogP contribution in [0.1, 0.15) is 63.1 Å². The van der Waals surface area contributed by atoms with Gasteiger partial charge in [0, 0.05) is 43.8 Å². The fraction of sp³-hybridized carbons (Fsp3) is 0.750. The summed E-state index contributed by atoms with van der Waals surface area (Å²) in [5.74, 6) is 1.87. The van der Waals surface area contributed by atoms with Gasteiger partial charge in [0.2, 0.25) is 17.7 Å². The zero-order valence-corrected chi connectivity index (χ0v) is 13.7. The second-order valence-electron chi connectivity index (χ2n) is 6.78. The third kappa shape index (κ3) is 3.54. The van der Waals surface area contributed by atoms with Gasteiger partial charge >= 0.3 is 0 Å². The first kappa shape index (κ1) is 16.0. The molecule has 0 bridgehead atoms. The molecule has 7 heteroatoms. The molecule has 0 spiro atoms. The molecular formula is C16H24N4O3. The summed E-state index contributed by atoms with van der Waals surface area (Å²) in [4.78, 5) is 30.3. The molecule has 3 rings (SSSR count). The first-order valence-electron chi connectivity index (χ1n) is 8.43. The molecule has 0 unspecified atom stereocenters. The second-order valence-corrected chi connectivity index (χ2v) is 6.78. The van der Waals surface area contributed by atoms with Gasteiger partial charge in [-0.25, -0.2) is 0 Å². The highest BCUT2D eigenvalue weighted by Gasteiger charge is 2.32. The predicted octanol–water partition coefficient (Wildman–Crippen LogP) is 1.43. The lowest BCUT2D eigenvalue weighted by Gasteiger charge is -2.34. The molecule has 126 valence electrons. The molecule has 2 amide bonds. The van der Waals surface area contributed by atoms with Crippen molar-refractivity contribution >= 4 is 11.8 Å². The Balaban J connectivity index is 1.55. The zero-order valence-electron chi connectivity index (χ0n) is 13.7. The minimum absolute atomic E-state index is 0.0162. The molecule has 2 aliphatic heterocycles. The molecule has 2 fully saturated rings. The summed E-state index contributed by atoms with van der Waals surface area (Å²) in [6.45, 7) is 6.06. The van der Waals surface area contributed by atoms with E-state index in [1.165, 1.54) is 0 Å². The van der Waals surface area contributed by atoms with E-state index in [0.29, 0.717) is 31.9 Å². The number of nitrogens with one attached hydrogen (secondary N) is 1. The van der Waals surface area contributed by atoms with Crippen LogP contribution in [-0.4, -0.2) is 46.5 Å². The van der Waals surface area contributed by atoms with Gasteiger partial charge in [-0.3, -0.25) is 9.59 Å². The number of amides is 2. The quantitative estimate of drug-likeness (QED) is 0.910. The van der Waals surface area contributed by atoms with Crippen molar-refractivity contribution in [1.29, 1.82) is 0 Å². The Hall–Kier alpha value is -1.92. The number of rotatable bonds is 3. The van der Waals surface area contributed by atoms with Crippen LogP contribution in [0.15, 0.2) is 4.52 Å². The molecule has 0 aromatic carbocycles. The van der Waals surface area contributed by atoms with Crippen molar-refractivity contribution in [1.82, 2.24) is 20.4 Å². The van der Waals surface area contributed by atoms with E-state index >= 15 is 0 Å². The number of hydrogen-bond donors (Lipinski definition) is 1. The fourth-order valence-electron chi connectivity index (χ4n) is 3.26. The highest BCUT2D eigenvalue weighted by Crippen LogP contribution is 2.28. The van der Waals surface area contributed by atoms with Gasteiger partial charge in [-0.15, -0.1) is 0 Å². The first-order chi connectivity index (χ1) is 11.0. The van der Waals surface area contributed by atoms with Gasteiger partial charge in [-0.2, -0.15) is 4.98 Å². The van der Waals surface area contributed by atoms with Gasteiger partial charge < -0.3 is 14.7 Å². The van der Waals surface area contributed by atoms with Crippen LogP contribution in [-0.2, 0) is 9.59 Å². The predicted molar refractivity (Wildman–Crippen MR) is 82.7 cm³/mol. The van der Waals surface area contributed by atoms with E-state index in [1.54, 1.807) is 0 Å². The Morgan fingerprint density at radius 2 is 2.04 bits per heavy atom. The third-order valence-electron chi connectivity index (χ3n) is 4.72. The van der Waals surface area contributed by atoms with Gasteiger partial charge in [0.15, 0.2) is 5.82 Å². The largest absolute Gasteiger partial charge is 0.356 e. The normalized spacial score (nSPS) is 23.2. The molecule has 0 saturated carbocycles. The molecule has 1 N–H and O–H groups in total. The van der Waals surface area contributed by atoms with Crippen molar-refractivity contribution in [3.05, 3.63) is 11.7 Å². The Morgan fingerprint density at radius 1 is 1.30 bits per heavy atom. The van der Waals surface area contributed by atoms with E-state index in [2.05, 4.69) is 15.5 Å². The van der Waals surface area contributed by atoms with E-state index in [9.17, 15) is 9.59 Å². The van der Waals surface area contributed by atoms with Crippen LogP contribution in [0.3, 0.4) is 0 Å². The van der Waals surface area contributed by atoms with Crippen LogP contribution in [0.25, 0.3) is 0 Å². The van der Waals surface area contributed by atoms with Crippen LogP contribution < -0.4 is 5.32 Å². The number of hydrogen-bond acceptors (Lipinski definition) is 5. The minimum Gasteiger partial charge on any atom is -0.356 e. The number of carbonyl (C=O) groups is 2. The summed E-state index contributed by atoms with van der Waals surface area (Å²) in [7, 11) is 0. The number of nitrogens with zero attached hydrogens (tertiary/aromatic N) is 3. The maximum atomic E-state index is 12.5. The third-order valence-corrected chi connectivity index (χ3v) is 4.72. The van der Waals surface area contributed by atoms with E-state index in [4.69, 9.17) is 4.52 Å². The standard InChI is InChI=1S/C16H24N4O3/c1-10(2)15-18-14(19-23-15)11-4-7-20(8-5-11)16(22)12-3-6-17-13(21)9-12/h10-12H,3-9H2,1-2H3,(H,17,21)/t12-/m0/s1.